The Labute approximate surface area is 103 Å². The molecule has 1 rings (SSSR count). The van der Waals surface area contributed by atoms with Crippen LogP contribution in [0.3, 0.4) is 0 Å². The van der Waals surface area contributed by atoms with E-state index in [0.717, 1.165) is 12.8 Å². The van der Waals surface area contributed by atoms with Gasteiger partial charge in [-0.3, -0.25) is 9.69 Å². The van der Waals surface area contributed by atoms with Crippen LogP contribution in [0.5, 0.6) is 0 Å². The van der Waals surface area contributed by atoms with Crippen LogP contribution in [0.15, 0.2) is 0 Å². The maximum atomic E-state index is 11.2. The summed E-state index contributed by atoms with van der Waals surface area (Å²) in [5, 5.41) is 0. The van der Waals surface area contributed by atoms with Gasteiger partial charge >= 0.3 is 5.97 Å². The van der Waals surface area contributed by atoms with Crippen LogP contribution in [-0.2, 0) is 19.4 Å². The van der Waals surface area contributed by atoms with Gasteiger partial charge in [-0.25, -0.2) is 8.42 Å². The highest BCUT2D eigenvalue weighted by Gasteiger charge is 2.21. The average Bonchev–Trinajstić information content (AvgIpc) is 2.29. The molecule has 1 aliphatic rings. The number of carbonyl (C=O) groups is 1. The van der Waals surface area contributed by atoms with E-state index in [1.54, 1.807) is 0 Å². The molecule has 100 valence electrons. The fourth-order valence-electron chi connectivity index (χ4n) is 1.66. The van der Waals surface area contributed by atoms with Crippen LogP contribution >= 0.6 is 0 Å². The number of carbonyl (C=O) groups excluding carboxylic acids is 1. The molecule has 0 amide bonds. The molecule has 0 aliphatic carbocycles. The Morgan fingerprint density at radius 3 is 2.53 bits per heavy atom. The molecule has 1 saturated heterocycles. The zero-order valence-electron chi connectivity index (χ0n) is 10.4. The van der Waals surface area contributed by atoms with Crippen LogP contribution in [0.4, 0.5) is 0 Å². The highest BCUT2D eigenvalue weighted by atomic mass is 32.2. The summed E-state index contributed by atoms with van der Waals surface area (Å²) in [5.41, 5.74) is 0. The monoisotopic (exact) mass is 263 g/mol. The molecule has 6 heteroatoms. The van der Waals surface area contributed by atoms with Crippen molar-refractivity contribution >= 4 is 15.8 Å². The molecule has 0 aromatic carbocycles. The summed E-state index contributed by atoms with van der Waals surface area (Å²) in [7, 11) is -2.82. The molecule has 0 N–H and O–H groups in total. The van der Waals surface area contributed by atoms with Crippen LogP contribution in [0.25, 0.3) is 0 Å². The minimum atomic E-state index is -2.82. The fraction of sp³-hybridized carbons (Fsp3) is 0.909. The van der Waals surface area contributed by atoms with Crippen molar-refractivity contribution in [1.29, 1.82) is 0 Å². The number of rotatable bonds is 6. The van der Waals surface area contributed by atoms with Gasteiger partial charge in [0, 0.05) is 26.1 Å². The largest absolute Gasteiger partial charge is 0.464 e. The van der Waals surface area contributed by atoms with Crippen molar-refractivity contribution < 1.29 is 17.9 Å². The Balaban J connectivity index is 2.10. The third-order valence-electron chi connectivity index (χ3n) is 2.84. The van der Waals surface area contributed by atoms with E-state index in [4.69, 9.17) is 4.74 Å². The van der Waals surface area contributed by atoms with Gasteiger partial charge in [-0.15, -0.1) is 0 Å². The van der Waals surface area contributed by atoms with Gasteiger partial charge in [-0.1, -0.05) is 13.3 Å². The second kappa shape index (κ2) is 6.96. The van der Waals surface area contributed by atoms with Crippen LogP contribution in [-0.4, -0.2) is 57.0 Å². The van der Waals surface area contributed by atoms with E-state index in [-0.39, 0.29) is 17.5 Å². The Kier molecular flexibility index (Phi) is 5.91. The molecule has 1 aliphatic heterocycles. The lowest BCUT2D eigenvalue weighted by molar-refractivity contribution is -0.144. The van der Waals surface area contributed by atoms with Crippen LogP contribution in [0, 0.1) is 0 Å². The molecular formula is C11H21NO4S. The van der Waals surface area contributed by atoms with E-state index in [1.807, 2.05) is 11.8 Å². The molecule has 0 saturated carbocycles. The highest BCUT2D eigenvalue weighted by Crippen LogP contribution is 2.03. The van der Waals surface area contributed by atoms with Gasteiger partial charge in [0.25, 0.3) is 0 Å². The minimum absolute atomic E-state index is 0.156. The van der Waals surface area contributed by atoms with E-state index in [1.165, 1.54) is 0 Å². The lowest BCUT2D eigenvalue weighted by atomic mass is 10.2. The normalized spacial score (nSPS) is 20.1. The van der Waals surface area contributed by atoms with E-state index in [9.17, 15) is 13.2 Å². The van der Waals surface area contributed by atoms with Crippen molar-refractivity contribution in [2.75, 3.05) is 37.7 Å². The number of sulfone groups is 1. The molecule has 1 heterocycles. The van der Waals surface area contributed by atoms with Crippen molar-refractivity contribution in [3.05, 3.63) is 0 Å². The maximum absolute atomic E-state index is 11.2. The molecule has 0 aromatic heterocycles. The molecule has 5 nitrogen and oxygen atoms in total. The molecule has 1 fully saturated rings. The summed E-state index contributed by atoms with van der Waals surface area (Å²) in [6.45, 7) is 4.13. The Morgan fingerprint density at radius 2 is 1.94 bits per heavy atom. The summed E-state index contributed by atoms with van der Waals surface area (Å²) in [5.74, 6) is 0.282. The zero-order chi connectivity index (χ0) is 12.7. The van der Waals surface area contributed by atoms with E-state index in [0.29, 0.717) is 32.7 Å². The van der Waals surface area contributed by atoms with Crippen molar-refractivity contribution in [3.63, 3.8) is 0 Å². The van der Waals surface area contributed by atoms with Crippen LogP contribution in [0.1, 0.15) is 26.2 Å². The van der Waals surface area contributed by atoms with Gasteiger partial charge in [0.15, 0.2) is 9.84 Å². The number of esters is 1. The van der Waals surface area contributed by atoms with Gasteiger partial charge in [0.1, 0.15) is 6.61 Å². The third-order valence-corrected chi connectivity index (χ3v) is 4.45. The van der Waals surface area contributed by atoms with E-state index >= 15 is 0 Å². The number of hydrogen-bond donors (Lipinski definition) is 0. The minimum Gasteiger partial charge on any atom is -0.464 e. The van der Waals surface area contributed by atoms with Gasteiger partial charge < -0.3 is 4.74 Å². The van der Waals surface area contributed by atoms with Crippen molar-refractivity contribution in [3.8, 4) is 0 Å². The predicted octanol–water partition coefficient (Wildman–Crippen LogP) is 0.450. The zero-order valence-corrected chi connectivity index (χ0v) is 11.2. The first-order valence-corrected chi connectivity index (χ1v) is 7.94. The SMILES string of the molecule is CCCCC(=O)OCCN1CCS(=O)(=O)CC1. The number of nitrogens with zero attached hydrogens (tertiary/aromatic N) is 1. The van der Waals surface area contributed by atoms with Gasteiger partial charge in [0.05, 0.1) is 11.5 Å². The molecule has 0 atom stereocenters. The maximum Gasteiger partial charge on any atom is 0.305 e. The van der Waals surface area contributed by atoms with Gasteiger partial charge in [0.2, 0.25) is 0 Å². The van der Waals surface area contributed by atoms with Gasteiger partial charge in [-0.05, 0) is 6.42 Å². The first-order valence-electron chi connectivity index (χ1n) is 6.12. The lowest BCUT2D eigenvalue weighted by Gasteiger charge is -2.26. The number of hydrogen-bond acceptors (Lipinski definition) is 5. The first kappa shape index (κ1) is 14.4. The number of unbranched alkanes of at least 4 members (excludes halogenated alkanes) is 1. The smallest absolute Gasteiger partial charge is 0.305 e. The standard InChI is InChI=1S/C11H21NO4S/c1-2-3-4-11(13)16-8-5-12-6-9-17(14,15)10-7-12/h2-10H2,1H3. The molecule has 0 aromatic rings. The average molecular weight is 263 g/mol. The fourth-order valence-corrected chi connectivity index (χ4v) is 2.93. The molecule has 0 bridgehead atoms. The van der Waals surface area contributed by atoms with E-state index in [2.05, 4.69) is 0 Å². The topological polar surface area (TPSA) is 63.7 Å². The van der Waals surface area contributed by atoms with Crippen molar-refractivity contribution in [1.82, 2.24) is 4.90 Å². The number of ether oxygens (including phenoxy) is 1. The third kappa shape index (κ3) is 6.02. The van der Waals surface area contributed by atoms with Crippen LogP contribution < -0.4 is 0 Å². The summed E-state index contributed by atoms with van der Waals surface area (Å²) in [6.07, 6.45) is 2.32. The van der Waals surface area contributed by atoms with Crippen molar-refractivity contribution in [2.45, 2.75) is 26.2 Å². The van der Waals surface area contributed by atoms with Crippen LogP contribution in [0.2, 0.25) is 0 Å². The lowest BCUT2D eigenvalue weighted by Crippen LogP contribution is -2.41. The second-order valence-electron chi connectivity index (χ2n) is 4.32. The second-order valence-corrected chi connectivity index (χ2v) is 6.62. The summed E-state index contributed by atoms with van der Waals surface area (Å²) in [6, 6.07) is 0. The van der Waals surface area contributed by atoms with Crippen molar-refractivity contribution in [2.24, 2.45) is 0 Å². The molecule has 17 heavy (non-hydrogen) atoms. The molecule has 0 spiro atoms. The quantitative estimate of drug-likeness (QED) is 0.651. The van der Waals surface area contributed by atoms with E-state index < -0.39 is 9.84 Å². The Morgan fingerprint density at radius 1 is 1.29 bits per heavy atom. The summed E-state index contributed by atoms with van der Waals surface area (Å²) >= 11 is 0. The first-order chi connectivity index (χ1) is 8.03. The van der Waals surface area contributed by atoms with Gasteiger partial charge in [-0.2, -0.15) is 0 Å². The Bertz CT molecular complexity index is 325. The highest BCUT2D eigenvalue weighted by molar-refractivity contribution is 7.91. The molecular weight excluding hydrogens is 242 g/mol. The summed E-state index contributed by atoms with van der Waals surface area (Å²) in [4.78, 5) is 13.2. The molecule has 0 radical (unpaired) electrons. The molecule has 0 unspecified atom stereocenters. The summed E-state index contributed by atoms with van der Waals surface area (Å²) < 4.78 is 27.4. The predicted molar refractivity (Wildman–Crippen MR) is 65.6 cm³/mol. The Hall–Kier alpha value is -0.620.